The second-order valence-electron chi connectivity index (χ2n) is 7.74. The second-order valence-corrected chi connectivity index (χ2v) is 9.68. The van der Waals surface area contributed by atoms with Crippen molar-refractivity contribution in [3.05, 3.63) is 24.3 Å². The highest BCUT2D eigenvalue weighted by Gasteiger charge is 2.48. The van der Waals surface area contributed by atoms with Crippen molar-refractivity contribution < 1.29 is 22.7 Å². The number of hydrogen-bond donors (Lipinski definition) is 1. The van der Waals surface area contributed by atoms with Gasteiger partial charge >= 0.3 is 0 Å². The quantitative estimate of drug-likeness (QED) is 0.776. The largest absolute Gasteiger partial charge is 0.497 e. The molecule has 9 heteroatoms. The van der Waals surface area contributed by atoms with Crippen LogP contribution in [0.4, 0.5) is 0 Å². The van der Waals surface area contributed by atoms with Crippen LogP contribution in [0.2, 0.25) is 0 Å². The first-order valence-corrected chi connectivity index (χ1v) is 11.1. The van der Waals surface area contributed by atoms with E-state index in [1.54, 1.807) is 35.7 Å². The van der Waals surface area contributed by atoms with Crippen LogP contribution in [0.15, 0.2) is 29.2 Å². The molecule has 0 aromatic heterocycles. The molecule has 3 saturated heterocycles. The van der Waals surface area contributed by atoms with E-state index < -0.39 is 10.0 Å². The normalized spacial score (nSPS) is 27.8. The average Bonchev–Trinajstić information content (AvgIpc) is 3.19. The summed E-state index contributed by atoms with van der Waals surface area (Å²) in [5.74, 6) is 0.663. The summed E-state index contributed by atoms with van der Waals surface area (Å²) in [6, 6.07) is 6.68. The molecule has 0 radical (unpaired) electrons. The van der Waals surface area contributed by atoms with E-state index in [2.05, 4.69) is 10.2 Å². The van der Waals surface area contributed by atoms with Crippen molar-refractivity contribution in [1.82, 2.24) is 14.5 Å². The predicted molar refractivity (Wildman–Crippen MR) is 103 cm³/mol. The first-order valence-electron chi connectivity index (χ1n) is 9.70. The van der Waals surface area contributed by atoms with E-state index in [0.717, 1.165) is 6.42 Å². The molecule has 1 N–H and O–H groups in total. The van der Waals surface area contributed by atoms with Gasteiger partial charge in [-0.05, 0) is 43.5 Å². The molecule has 3 aliphatic rings. The molecule has 3 heterocycles. The standard InChI is InChI=1S/C19H27N3O5S/c1-26-16-2-4-17(5-3-16)28(24,25)21-9-6-15(7-10-21)22-12-18(23)20-13-19(22)8-11-27-14-19/h2-5,15H,6-14H2,1H3,(H,20,23). The Kier molecular flexibility index (Phi) is 5.34. The summed E-state index contributed by atoms with van der Waals surface area (Å²) < 4.78 is 38.2. The molecule has 3 aliphatic heterocycles. The van der Waals surface area contributed by atoms with Gasteiger partial charge in [-0.3, -0.25) is 9.69 Å². The lowest BCUT2D eigenvalue weighted by Gasteiger charge is -2.49. The number of rotatable bonds is 4. The molecule has 0 bridgehead atoms. The molecule has 1 amide bonds. The Morgan fingerprint density at radius 3 is 2.54 bits per heavy atom. The lowest BCUT2D eigenvalue weighted by Crippen LogP contribution is -2.67. The Morgan fingerprint density at radius 2 is 1.93 bits per heavy atom. The number of piperazine rings is 1. The Morgan fingerprint density at radius 1 is 1.21 bits per heavy atom. The zero-order valence-corrected chi connectivity index (χ0v) is 16.9. The van der Waals surface area contributed by atoms with Crippen LogP contribution in [0.25, 0.3) is 0 Å². The third-order valence-corrected chi connectivity index (χ3v) is 8.09. The summed E-state index contributed by atoms with van der Waals surface area (Å²) in [7, 11) is -1.97. The lowest BCUT2D eigenvalue weighted by atomic mass is 9.89. The summed E-state index contributed by atoms with van der Waals surface area (Å²) in [4.78, 5) is 14.6. The number of nitrogens with one attached hydrogen (secondary N) is 1. The fourth-order valence-corrected chi connectivity index (χ4v) is 5.98. The van der Waals surface area contributed by atoms with Crippen LogP contribution in [0, 0.1) is 0 Å². The SMILES string of the molecule is COc1ccc(S(=O)(=O)N2CCC(N3CC(=O)NCC34CCOC4)CC2)cc1. The Balaban J connectivity index is 1.45. The maximum atomic E-state index is 13.0. The number of methoxy groups -OCH3 is 1. The minimum absolute atomic E-state index is 0.0332. The molecule has 4 rings (SSSR count). The third kappa shape index (κ3) is 3.52. The fraction of sp³-hybridized carbons (Fsp3) is 0.632. The molecule has 8 nitrogen and oxygen atoms in total. The highest BCUT2D eigenvalue weighted by atomic mass is 32.2. The third-order valence-electron chi connectivity index (χ3n) is 6.18. The van der Waals surface area contributed by atoms with Gasteiger partial charge in [0.15, 0.2) is 0 Å². The van der Waals surface area contributed by atoms with E-state index in [1.165, 1.54) is 0 Å². The van der Waals surface area contributed by atoms with Gasteiger partial charge in [-0.2, -0.15) is 4.31 Å². The topological polar surface area (TPSA) is 88.2 Å². The van der Waals surface area contributed by atoms with E-state index in [4.69, 9.17) is 9.47 Å². The minimum Gasteiger partial charge on any atom is -0.497 e. The number of piperidine rings is 1. The van der Waals surface area contributed by atoms with Gasteiger partial charge in [-0.15, -0.1) is 0 Å². The second kappa shape index (κ2) is 7.62. The van der Waals surface area contributed by atoms with Crippen LogP contribution in [-0.2, 0) is 19.6 Å². The van der Waals surface area contributed by atoms with E-state index in [0.29, 0.717) is 58.0 Å². The first kappa shape index (κ1) is 19.6. The Hall–Kier alpha value is -1.68. The minimum atomic E-state index is -3.52. The van der Waals surface area contributed by atoms with Crippen molar-refractivity contribution in [3.63, 3.8) is 0 Å². The van der Waals surface area contributed by atoms with Crippen LogP contribution in [0.1, 0.15) is 19.3 Å². The number of carbonyl (C=O) groups is 1. The van der Waals surface area contributed by atoms with Gasteiger partial charge in [0.1, 0.15) is 5.75 Å². The number of hydrogen-bond acceptors (Lipinski definition) is 6. The zero-order chi connectivity index (χ0) is 19.8. The van der Waals surface area contributed by atoms with Gasteiger partial charge in [0, 0.05) is 32.3 Å². The molecule has 1 spiro atoms. The summed E-state index contributed by atoms with van der Waals surface area (Å²) in [6.45, 7) is 3.20. The molecule has 0 saturated carbocycles. The van der Waals surface area contributed by atoms with Crippen LogP contribution >= 0.6 is 0 Å². The molecule has 1 aromatic carbocycles. The highest BCUT2D eigenvalue weighted by molar-refractivity contribution is 7.89. The van der Waals surface area contributed by atoms with Crippen molar-refractivity contribution in [2.24, 2.45) is 0 Å². The van der Waals surface area contributed by atoms with Gasteiger partial charge < -0.3 is 14.8 Å². The highest BCUT2D eigenvalue weighted by Crippen LogP contribution is 2.33. The molecule has 1 aromatic rings. The van der Waals surface area contributed by atoms with Crippen LogP contribution < -0.4 is 10.1 Å². The smallest absolute Gasteiger partial charge is 0.243 e. The zero-order valence-electron chi connectivity index (χ0n) is 16.1. The molecular weight excluding hydrogens is 382 g/mol. The van der Waals surface area contributed by atoms with E-state index >= 15 is 0 Å². The summed E-state index contributed by atoms with van der Waals surface area (Å²) in [6.07, 6.45) is 2.33. The van der Waals surface area contributed by atoms with Gasteiger partial charge in [-0.1, -0.05) is 0 Å². The number of benzene rings is 1. The van der Waals surface area contributed by atoms with Crippen LogP contribution in [0.3, 0.4) is 0 Å². The average molecular weight is 410 g/mol. The number of nitrogens with zero attached hydrogens (tertiary/aromatic N) is 2. The monoisotopic (exact) mass is 409 g/mol. The number of amides is 1. The lowest BCUT2D eigenvalue weighted by molar-refractivity contribution is -0.131. The molecule has 1 atom stereocenters. The van der Waals surface area contributed by atoms with E-state index in [-0.39, 0.29) is 22.4 Å². The van der Waals surface area contributed by atoms with E-state index in [9.17, 15) is 13.2 Å². The van der Waals surface area contributed by atoms with Gasteiger partial charge in [0.2, 0.25) is 15.9 Å². The molecular formula is C19H27N3O5S. The maximum Gasteiger partial charge on any atom is 0.243 e. The van der Waals surface area contributed by atoms with Crippen LogP contribution in [0.5, 0.6) is 5.75 Å². The molecule has 154 valence electrons. The van der Waals surface area contributed by atoms with Gasteiger partial charge in [0.25, 0.3) is 0 Å². The van der Waals surface area contributed by atoms with E-state index in [1.807, 2.05) is 0 Å². The number of ether oxygens (including phenoxy) is 2. The maximum absolute atomic E-state index is 13.0. The molecule has 0 aliphatic carbocycles. The Bertz CT molecular complexity index is 812. The number of sulfonamides is 1. The number of carbonyl (C=O) groups excluding carboxylic acids is 1. The molecule has 3 fully saturated rings. The summed E-state index contributed by atoms with van der Waals surface area (Å²) in [5.41, 5.74) is -0.143. The summed E-state index contributed by atoms with van der Waals surface area (Å²) >= 11 is 0. The van der Waals surface area contributed by atoms with Crippen molar-refractivity contribution >= 4 is 15.9 Å². The van der Waals surface area contributed by atoms with Crippen LogP contribution in [-0.4, -0.2) is 81.6 Å². The predicted octanol–water partition coefficient (Wildman–Crippen LogP) is 0.439. The van der Waals surface area contributed by atoms with Gasteiger partial charge in [0.05, 0.1) is 30.7 Å². The Labute approximate surface area is 165 Å². The van der Waals surface area contributed by atoms with Gasteiger partial charge in [-0.25, -0.2) is 8.42 Å². The fourth-order valence-electron chi connectivity index (χ4n) is 4.51. The molecule has 1 unspecified atom stereocenters. The van der Waals surface area contributed by atoms with Crippen molar-refractivity contribution in [2.45, 2.75) is 35.7 Å². The molecule has 28 heavy (non-hydrogen) atoms. The van der Waals surface area contributed by atoms with Crippen molar-refractivity contribution in [2.75, 3.05) is 46.5 Å². The van der Waals surface area contributed by atoms with Crippen molar-refractivity contribution in [3.8, 4) is 5.75 Å². The summed E-state index contributed by atoms with van der Waals surface area (Å²) in [5, 5.41) is 2.97. The first-order chi connectivity index (χ1) is 13.4. The van der Waals surface area contributed by atoms with Crippen molar-refractivity contribution in [1.29, 1.82) is 0 Å².